The maximum atomic E-state index is 11.4. The van der Waals surface area contributed by atoms with Crippen molar-refractivity contribution in [1.82, 2.24) is 10.7 Å². The Labute approximate surface area is 76.5 Å². The molecule has 1 aliphatic rings. The van der Waals surface area contributed by atoms with Crippen molar-refractivity contribution in [1.29, 1.82) is 0 Å². The summed E-state index contributed by atoms with van der Waals surface area (Å²) in [5, 5.41) is 15.1. The summed E-state index contributed by atoms with van der Waals surface area (Å²) in [6, 6.07) is -0.215. The summed E-state index contributed by atoms with van der Waals surface area (Å²) in [7, 11) is 0. The largest absolute Gasteiger partial charge is 0.394 e. The van der Waals surface area contributed by atoms with Crippen LogP contribution < -0.4 is 10.7 Å². The van der Waals surface area contributed by atoms with E-state index in [-0.39, 0.29) is 18.6 Å². The summed E-state index contributed by atoms with van der Waals surface area (Å²) >= 11 is 0. The highest BCUT2D eigenvalue weighted by molar-refractivity contribution is 5.98. The molecule has 13 heavy (non-hydrogen) atoms. The van der Waals surface area contributed by atoms with Gasteiger partial charge in [0.15, 0.2) is 0 Å². The molecule has 5 heteroatoms. The van der Waals surface area contributed by atoms with Gasteiger partial charge < -0.3 is 15.8 Å². The molecule has 0 fully saturated rings. The van der Waals surface area contributed by atoms with Crippen LogP contribution in [-0.2, 0) is 4.79 Å². The van der Waals surface area contributed by atoms with E-state index in [9.17, 15) is 4.79 Å². The number of rotatable bonds is 3. The maximum Gasteiger partial charge on any atom is 0.249 e. The molecule has 1 rings (SSSR count). The normalized spacial score (nSPS) is 17.2. The lowest BCUT2D eigenvalue weighted by Crippen LogP contribution is -2.38. The van der Waals surface area contributed by atoms with Crippen molar-refractivity contribution in [2.75, 3.05) is 13.2 Å². The van der Waals surface area contributed by atoms with Gasteiger partial charge in [-0.2, -0.15) is 5.10 Å². The number of hydrogen-bond donors (Lipinski definition) is 3. The fourth-order valence-electron chi connectivity index (χ4n) is 0.888. The Morgan fingerprint density at radius 3 is 3.23 bits per heavy atom. The topological polar surface area (TPSA) is 73.7 Å². The molecule has 1 atom stereocenters. The second-order valence-electron chi connectivity index (χ2n) is 2.86. The quantitative estimate of drug-likeness (QED) is 0.525. The highest BCUT2D eigenvalue weighted by Crippen LogP contribution is 1.96. The van der Waals surface area contributed by atoms with Crippen LogP contribution in [0.1, 0.15) is 6.92 Å². The van der Waals surface area contributed by atoms with Gasteiger partial charge in [-0.15, -0.1) is 0 Å². The molecule has 72 valence electrons. The lowest BCUT2D eigenvalue weighted by atomic mass is 10.2. The van der Waals surface area contributed by atoms with Crippen molar-refractivity contribution in [3.63, 3.8) is 0 Å². The number of carbonyl (C=O) groups excluding carboxylic acids is 1. The predicted molar refractivity (Wildman–Crippen MR) is 49.3 cm³/mol. The molecular formula is C8H13N3O2. The third-order valence-corrected chi connectivity index (χ3v) is 1.65. The second kappa shape index (κ2) is 4.61. The number of amides is 1. The number of aliphatic hydroxyl groups excluding tert-OH is 1. The zero-order chi connectivity index (χ0) is 9.68. The molecule has 1 heterocycles. The molecule has 0 aromatic carbocycles. The first kappa shape index (κ1) is 9.73. The number of allylic oxidation sites excluding steroid dienone is 1. The van der Waals surface area contributed by atoms with Crippen LogP contribution in [-0.4, -0.2) is 36.4 Å². The van der Waals surface area contributed by atoms with Crippen LogP contribution in [0.3, 0.4) is 0 Å². The second-order valence-corrected chi connectivity index (χ2v) is 2.86. The molecule has 3 N–H and O–H groups in total. The summed E-state index contributed by atoms with van der Waals surface area (Å²) in [4.78, 5) is 11.4. The molecule has 0 saturated carbocycles. The van der Waals surface area contributed by atoms with Gasteiger partial charge >= 0.3 is 0 Å². The monoisotopic (exact) mass is 183 g/mol. The Balaban J connectivity index is 2.47. The van der Waals surface area contributed by atoms with Crippen molar-refractivity contribution >= 4 is 12.1 Å². The lowest BCUT2D eigenvalue weighted by molar-refractivity contribution is -0.118. The first-order chi connectivity index (χ1) is 6.24. The predicted octanol–water partition coefficient (Wildman–Crippen LogP) is -1.00. The standard InChI is InChI=1S/C8H13N3O2/c1-6(5-12)11-8(13)7-2-3-9-10-4-7/h2-3,6,10,12H,4-5H2,1H3,(H,11,13). The van der Waals surface area contributed by atoms with Crippen molar-refractivity contribution in [3.8, 4) is 0 Å². The molecule has 1 unspecified atom stereocenters. The van der Waals surface area contributed by atoms with Gasteiger partial charge in [0.05, 0.1) is 13.2 Å². The van der Waals surface area contributed by atoms with Gasteiger partial charge in [-0.1, -0.05) is 0 Å². The Morgan fingerprint density at radius 2 is 2.69 bits per heavy atom. The average molecular weight is 183 g/mol. The number of hydrazone groups is 1. The molecule has 1 aliphatic heterocycles. The van der Waals surface area contributed by atoms with Crippen molar-refractivity contribution in [2.24, 2.45) is 5.10 Å². The van der Waals surface area contributed by atoms with Gasteiger partial charge in [0, 0.05) is 17.8 Å². The van der Waals surface area contributed by atoms with E-state index in [0.29, 0.717) is 12.1 Å². The molecular weight excluding hydrogens is 170 g/mol. The fraction of sp³-hybridized carbons (Fsp3) is 0.500. The zero-order valence-electron chi connectivity index (χ0n) is 7.45. The van der Waals surface area contributed by atoms with Crippen molar-refractivity contribution in [3.05, 3.63) is 11.6 Å². The minimum Gasteiger partial charge on any atom is -0.394 e. The van der Waals surface area contributed by atoms with Crippen LogP contribution >= 0.6 is 0 Å². The van der Waals surface area contributed by atoms with E-state index in [1.165, 1.54) is 6.21 Å². The van der Waals surface area contributed by atoms with E-state index < -0.39 is 0 Å². The molecule has 0 saturated heterocycles. The van der Waals surface area contributed by atoms with Crippen LogP contribution in [0.4, 0.5) is 0 Å². The molecule has 0 aliphatic carbocycles. The zero-order valence-corrected chi connectivity index (χ0v) is 7.45. The highest BCUT2D eigenvalue weighted by Gasteiger charge is 2.12. The maximum absolute atomic E-state index is 11.4. The van der Waals surface area contributed by atoms with E-state index >= 15 is 0 Å². The van der Waals surface area contributed by atoms with Crippen LogP contribution in [0.2, 0.25) is 0 Å². The van der Waals surface area contributed by atoms with Gasteiger partial charge in [0.25, 0.3) is 0 Å². The van der Waals surface area contributed by atoms with Crippen LogP contribution in [0.25, 0.3) is 0 Å². The van der Waals surface area contributed by atoms with Gasteiger partial charge in [0.1, 0.15) is 0 Å². The minimum atomic E-state index is -0.215. The highest BCUT2D eigenvalue weighted by atomic mass is 16.3. The fourth-order valence-corrected chi connectivity index (χ4v) is 0.888. The van der Waals surface area contributed by atoms with Crippen LogP contribution in [0, 0.1) is 0 Å². The van der Waals surface area contributed by atoms with Gasteiger partial charge in [0.2, 0.25) is 5.91 Å². The van der Waals surface area contributed by atoms with Crippen molar-refractivity contribution in [2.45, 2.75) is 13.0 Å². The summed E-state index contributed by atoms with van der Waals surface area (Å²) in [6.07, 6.45) is 3.18. The molecule has 1 amide bonds. The lowest BCUT2D eigenvalue weighted by Gasteiger charge is -2.13. The van der Waals surface area contributed by atoms with Gasteiger partial charge in [-0.05, 0) is 13.0 Å². The Kier molecular flexibility index (Phi) is 3.45. The molecule has 0 aromatic heterocycles. The first-order valence-electron chi connectivity index (χ1n) is 4.11. The SMILES string of the molecule is CC(CO)NC(=O)C1=CC=NNC1. The number of carbonyl (C=O) groups is 1. The number of nitrogens with one attached hydrogen (secondary N) is 2. The summed E-state index contributed by atoms with van der Waals surface area (Å²) in [5.41, 5.74) is 3.31. The van der Waals surface area contributed by atoms with E-state index in [2.05, 4.69) is 15.8 Å². The molecule has 0 spiro atoms. The van der Waals surface area contributed by atoms with Crippen LogP contribution in [0.15, 0.2) is 16.8 Å². The van der Waals surface area contributed by atoms with E-state index in [4.69, 9.17) is 5.11 Å². The van der Waals surface area contributed by atoms with Crippen molar-refractivity contribution < 1.29 is 9.90 Å². The molecule has 5 nitrogen and oxygen atoms in total. The number of hydrogen-bond acceptors (Lipinski definition) is 4. The van der Waals surface area contributed by atoms with E-state index in [1.54, 1.807) is 13.0 Å². The van der Waals surface area contributed by atoms with Gasteiger partial charge in [-0.25, -0.2) is 0 Å². The third-order valence-electron chi connectivity index (χ3n) is 1.65. The molecule has 0 bridgehead atoms. The minimum absolute atomic E-state index is 0.0550. The first-order valence-corrected chi connectivity index (χ1v) is 4.11. The Morgan fingerprint density at radius 1 is 1.92 bits per heavy atom. The van der Waals surface area contributed by atoms with E-state index in [1.807, 2.05) is 0 Å². The molecule has 0 aromatic rings. The summed E-state index contributed by atoms with van der Waals surface area (Å²) in [6.45, 7) is 2.11. The summed E-state index contributed by atoms with van der Waals surface area (Å²) < 4.78 is 0. The smallest absolute Gasteiger partial charge is 0.249 e. The number of aliphatic hydroxyl groups is 1. The molecule has 0 radical (unpaired) electrons. The Bertz CT molecular complexity index is 248. The van der Waals surface area contributed by atoms with Gasteiger partial charge in [-0.3, -0.25) is 4.79 Å². The third kappa shape index (κ3) is 2.87. The average Bonchev–Trinajstić information content (AvgIpc) is 2.19. The number of nitrogens with zero attached hydrogens (tertiary/aromatic N) is 1. The van der Waals surface area contributed by atoms with Crippen LogP contribution in [0.5, 0.6) is 0 Å². The van der Waals surface area contributed by atoms with E-state index in [0.717, 1.165) is 0 Å². The summed E-state index contributed by atoms with van der Waals surface area (Å²) in [5.74, 6) is -0.166. The Hall–Kier alpha value is -1.36.